The third kappa shape index (κ3) is 15.2. The van der Waals surface area contributed by atoms with E-state index in [1.165, 1.54) is 32.0 Å². The van der Waals surface area contributed by atoms with Gasteiger partial charge in [0.25, 0.3) is 0 Å². The SMILES string of the molecule is CCN(CC)CC.Cl.ClCCN1CCOCC1.O=C(OCCN1CCOCC1)c1cc2occc2[nH]1.O=C([O-])c1cc2occc2[nH]1.[Na+]. The monoisotopic (exact) mass is 723 g/mol. The van der Waals surface area contributed by atoms with Crippen molar-refractivity contribution in [3.63, 3.8) is 0 Å². The van der Waals surface area contributed by atoms with E-state index in [0.717, 1.165) is 77.1 Å². The molecule has 2 aliphatic rings. The summed E-state index contributed by atoms with van der Waals surface area (Å²) >= 11 is 5.55. The van der Waals surface area contributed by atoms with Gasteiger partial charge in [-0.2, -0.15) is 0 Å². The van der Waals surface area contributed by atoms with Crippen LogP contribution in [0, 0.1) is 0 Å². The fourth-order valence-corrected chi connectivity index (χ4v) is 4.94. The fourth-order valence-electron chi connectivity index (χ4n) is 4.70. The van der Waals surface area contributed by atoms with E-state index in [-0.39, 0.29) is 53.6 Å². The third-order valence-electron chi connectivity index (χ3n) is 7.51. The first-order chi connectivity index (χ1) is 22.4. The average Bonchev–Trinajstić information content (AvgIpc) is 3.87. The van der Waals surface area contributed by atoms with Crippen LogP contribution in [0.1, 0.15) is 41.7 Å². The van der Waals surface area contributed by atoms with E-state index in [4.69, 9.17) is 34.6 Å². The third-order valence-corrected chi connectivity index (χ3v) is 7.68. The Kier molecular flexibility index (Phi) is 22.9. The quantitative estimate of drug-likeness (QED) is 0.135. The first-order valence-electron chi connectivity index (χ1n) is 15.8. The van der Waals surface area contributed by atoms with Crippen LogP contribution in [0.5, 0.6) is 0 Å². The number of fused-ring (bicyclic) bond motifs is 2. The average molecular weight is 725 g/mol. The van der Waals surface area contributed by atoms with Gasteiger partial charge in [-0.1, -0.05) is 20.8 Å². The van der Waals surface area contributed by atoms with Gasteiger partial charge in [0.05, 0.1) is 61.7 Å². The molecule has 0 aliphatic carbocycles. The maximum atomic E-state index is 11.8. The van der Waals surface area contributed by atoms with Crippen LogP contribution in [-0.4, -0.2) is 134 Å². The number of carbonyl (C=O) groups excluding carboxylic acids is 2. The smallest absolute Gasteiger partial charge is 0.543 e. The van der Waals surface area contributed by atoms with Crippen LogP contribution in [0.4, 0.5) is 0 Å². The van der Waals surface area contributed by atoms with Crippen molar-refractivity contribution in [2.75, 3.05) is 97.8 Å². The molecule has 2 N–H and O–H groups in total. The molecule has 16 heteroatoms. The number of carboxylic acid groups (broad SMARTS) is 1. The Morgan fingerprint density at radius 2 is 1.29 bits per heavy atom. The van der Waals surface area contributed by atoms with Crippen LogP contribution in [0.25, 0.3) is 22.2 Å². The Balaban J connectivity index is 0.000000342. The topological polar surface area (TPSA) is 152 Å². The number of esters is 1. The predicted molar refractivity (Wildman–Crippen MR) is 182 cm³/mol. The molecule has 0 aromatic carbocycles. The van der Waals surface area contributed by atoms with Crippen LogP contribution in [0.2, 0.25) is 0 Å². The second-order valence-electron chi connectivity index (χ2n) is 10.4. The van der Waals surface area contributed by atoms with Crippen molar-refractivity contribution < 1.29 is 67.3 Å². The van der Waals surface area contributed by atoms with E-state index in [9.17, 15) is 14.7 Å². The summed E-state index contributed by atoms with van der Waals surface area (Å²) in [4.78, 5) is 34.6. The van der Waals surface area contributed by atoms with Crippen LogP contribution >= 0.6 is 24.0 Å². The summed E-state index contributed by atoms with van der Waals surface area (Å²) in [7, 11) is 0. The first-order valence-corrected chi connectivity index (χ1v) is 16.3. The number of ether oxygens (including phenoxy) is 3. The Labute approximate surface area is 315 Å². The van der Waals surface area contributed by atoms with Gasteiger partial charge in [-0.05, 0) is 19.6 Å². The number of nitrogens with one attached hydrogen (secondary N) is 2. The molecule has 4 aromatic heterocycles. The normalized spacial score (nSPS) is 14.8. The molecule has 0 atom stereocenters. The van der Waals surface area contributed by atoms with Crippen molar-refractivity contribution in [3.05, 3.63) is 48.2 Å². The summed E-state index contributed by atoms with van der Waals surface area (Å²) in [6.07, 6.45) is 3.06. The van der Waals surface area contributed by atoms with Gasteiger partial charge in [0, 0.05) is 69.4 Å². The van der Waals surface area contributed by atoms with E-state index in [1.54, 1.807) is 24.5 Å². The molecule has 0 bridgehead atoms. The minimum atomic E-state index is -1.23. The second kappa shape index (κ2) is 25.0. The number of alkyl halides is 1. The molecule has 13 nitrogen and oxygen atoms in total. The van der Waals surface area contributed by atoms with E-state index in [0.29, 0.717) is 29.0 Å². The largest absolute Gasteiger partial charge is 1.00 e. The van der Waals surface area contributed by atoms with Gasteiger partial charge in [0.1, 0.15) is 12.3 Å². The maximum Gasteiger partial charge on any atom is 1.00 e. The number of nitrogens with zero attached hydrogens (tertiary/aromatic N) is 3. The minimum Gasteiger partial charge on any atom is -0.543 e. The van der Waals surface area contributed by atoms with E-state index in [2.05, 4.69) is 45.4 Å². The first kappa shape index (κ1) is 44.0. The number of carbonyl (C=O) groups is 2. The summed E-state index contributed by atoms with van der Waals surface area (Å²) in [6.45, 7) is 19.4. The van der Waals surface area contributed by atoms with Crippen LogP contribution in [-0.2, 0) is 14.2 Å². The van der Waals surface area contributed by atoms with Crippen molar-refractivity contribution in [2.45, 2.75) is 20.8 Å². The van der Waals surface area contributed by atoms with Gasteiger partial charge in [-0.15, -0.1) is 24.0 Å². The van der Waals surface area contributed by atoms with Gasteiger partial charge >= 0.3 is 35.5 Å². The number of hydrogen-bond donors (Lipinski definition) is 2. The zero-order valence-electron chi connectivity index (χ0n) is 28.5. The summed E-state index contributed by atoms with van der Waals surface area (Å²) in [5.74, 6) is -0.837. The zero-order valence-corrected chi connectivity index (χ0v) is 32.0. The standard InChI is InChI=1S/C13H16N2O4.C7H5NO3.C6H12ClNO.C6H15N.ClH.Na/c16-13(11-9-12-10(14-11)1-5-18-12)19-8-4-15-2-6-17-7-3-15;9-7(10)5-3-6-4(8-5)1-2-11-6;7-1-2-8-3-5-9-6-4-8;1-4-7(5-2)6-3;;/h1,5,9,14H,2-4,6-8H2;1-3,8H,(H,9,10);1-6H2;4-6H2,1-3H3;1H;/q;;;;;+1/p-1. The van der Waals surface area contributed by atoms with Gasteiger partial charge < -0.3 is 47.8 Å². The Hall–Kier alpha value is -2.04. The van der Waals surface area contributed by atoms with Crippen molar-refractivity contribution in [1.82, 2.24) is 24.7 Å². The van der Waals surface area contributed by atoms with Gasteiger partial charge in [0.15, 0.2) is 11.2 Å². The number of hydrogen-bond acceptors (Lipinski definition) is 11. The second-order valence-corrected chi connectivity index (χ2v) is 10.8. The summed E-state index contributed by atoms with van der Waals surface area (Å²) < 4.78 is 25.8. The molecule has 0 unspecified atom stereocenters. The number of furan rings is 2. The number of aromatic carboxylic acids is 1. The number of aromatic amines is 2. The fraction of sp³-hybridized carbons (Fsp3) is 0.562. The molecular formula is C32H48Cl2N5NaO8. The Morgan fingerprint density at radius 1 is 0.833 bits per heavy atom. The van der Waals surface area contributed by atoms with Crippen LogP contribution < -0.4 is 34.7 Å². The number of rotatable bonds is 10. The summed E-state index contributed by atoms with van der Waals surface area (Å²) in [5.41, 5.74) is 3.14. The molecule has 0 saturated carbocycles. The molecule has 0 radical (unpaired) electrons. The maximum absolute atomic E-state index is 11.8. The molecule has 264 valence electrons. The molecule has 6 heterocycles. The van der Waals surface area contributed by atoms with E-state index >= 15 is 0 Å². The van der Waals surface area contributed by atoms with Gasteiger partial charge in [-0.3, -0.25) is 9.80 Å². The van der Waals surface area contributed by atoms with Gasteiger partial charge in [-0.25, -0.2) is 4.79 Å². The predicted octanol–water partition coefficient (Wildman–Crippen LogP) is 0.706. The number of morpholine rings is 2. The van der Waals surface area contributed by atoms with Crippen LogP contribution in [0.15, 0.2) is 45.6 Å². The molecule has 4 aromatic rings. The summed E-state index contributed by atoms with van der Waals surface area (Å²) in [5, 5.41) is 10.3. The number of halogens is 2. The zero-order chi connectivity index (χ0) is 33.1. The Bertz CT molecular complexity index is 1350. The number of carboxylic acids is 1. The molecule has 2 aliphatic heterocycles. The molecule has 0 spiro atoms. The number of H-pyrrole nitrogens is 2. The van der Waals surface area contributed by atoms with Gasteiger partial charge in [0.2, 0.25) is 0 Å². The van der Waals surface area contributed by atoms with E-state index < -0.39 is 5.97 Å². The summed E-state index contributed by atoms with van der Waals surface area (Å²) in [6, 6.07) is 6.48. The molecule has 2 saturated heterocycles. The minimum absolute atomic E-state index is 0. The van der Waals surface area contributed by atoms with E-state index in [1.807, 2.05) is 0 Å². The molecular weight excluding hydrogens is 676 g/mol. The van der Waals surface area contributed by atoms with Crippen molar-refractivity contribution in [3.8, 4) is 0 Å². The van der Waals surface area contributed by atoms with Crippen molar-refractivity contribution in [2.24, 2.45) is 0 Å². The number of aromatic nitrogens is 2. The Morgan fingerprint density at radius 3 is 1.71 bits per heavy atom. The molecule has 6 rings (SSSR count). The molecule has 0 amide bonds. The van der Waals surface area contributed by atoms with Crippen molar-refractivity contribution in [1.29, 1.82) is 0 Å². The van der Waals surface area contributed by atoms with Crippen molar-refractivity contribution >= 4 is 58.1 Å². The molecule has 2 fully saturated rings. The molecule has 48 heavy (non-hydrogen) atoms. The van der Waals surface area contributed by atoms with Crippen LogP contribution in [0.3, 0.4) is 0 Å².